The van der Waals surface area contributed by atoms with Crippen molar-refractivity contribution in [3.8, 4) is 0 Å². The standard InChI is InChI=1S/C9H10ClN3OS/c10-7-3-11-4-8(12-7)13-9(14)6-1-2-15-5-6/h3-4,6H,1-2,5H2,(H,12,13,14). The van der Waals surface area contributed by atoms with Gasteiger partial charge in [0.15, 0.2) is 5.82 Å². The minimum Gasteiger partial charge on any atom is -0.309 e. The fourth-order valence-corrected chi connectivity index (χ4v) is 2.74. The second kappa shape index (κ2) is 4.81. The lowest BCUT2D eigenvalue weighted by atomic mass is 10.1. The summed E-state index contributed by atoms with van der Waals surface area (Å²) in [5.41, 5.74) is 0. The third-order valence-corrected chi connectivity index (χ3v) is 3.50. The summed E-state index contributed by atoms with van der Waals surface area (Å²) in [5, 5.41) is 3.00. The predicted octanol–water partition coefficient (Wildman–Crippen LogP) is 1.82. The van der Waals surface area contributed by atoms with Crippen molar-refractivity contribution in [3.63, 3.8) is 0 Å². The Morgan fingerprint density at radius 2 is 2.47 bits per heavy atom. The molecule has 15 heavy (non-hydrogen) atoms. The van der Waals surface area contributed by atoms with E-state index in [1.165, 1.54) is 12.4 Å². The molecule has 0 bridgehead atoms. The van der Waals surface area contributed by atoms with E-state index in [1.807, 2.05) is 0 Å². The van der Waals surface area contributed by atoms with E-state index in [9.17, 15) is 4.79 Å². The van der Waals surface area contributed by atoms with Crippen LogP contribution in [0.25, 0.3) is 0 Å². The van der Waals surface area contributed by atoms with E-state index in [4.69, 9.17) is 11.6 Å². The van der Waals surface area contributed by atoms with Gasteiger partial charge in [-0.05, 0) is 12.2 Å². The maximum absolute atomic E-state index is 11.7. The number of carbonyl (C=O) groups excluding carboxylic acids is 1. The Kier molecular flexibility index (Phi) is 3.43. The number of halogens is 1. The Hall–Kier alpha value is -0.810. The quantitative estimate of drug-likeness (QED) is 0.861. The van der Waals surface area contributed by atoms with Crippen molar-refractivity contribution in [3.05, 3.63) is 17.5 Å². The molecule has 1 unspecified atom stereocenters. The molecule has 1 aliphatic rings. The van der Waals surface area contributed by atoms with Crippen molar-refractivity contribution >= 4 is 35.1 Å². The lowest BCUT2D eigenvalue weighted by molar-refractivity contribution is -0.119. The number of anilines is 1. The highest BCUT2D eigenvalue weighted by molar-refractivity contribution is 7.99. The summed E-state index contributed by atoms with van der Waals surface area (Å²) in [6.07, 6.45) is 3.86. The van der Waals surface area contributed by atoms with E-state index in [-0.39, 0.29) is 17.0 Å². The van der Waals surface area contributed by atoms with Gasteiger partial charge in [0.2, 0.25) is 5.91 Å². The molecule has 2 heterocycles. The number of thioether (sulfide) groups is 1. The van der Waals surface area contributed by atoms with Gasteiger partial charge in [0.1, 0.15) is 5.15 Å². The van der Waals surface area contributed by atoms with Crippen LogP contribution in [0.4, 0.5) is 5.82 Å². The Morgan fingerprint density at radius 3 is 3.13 bits per heavy atom. The molecule has 0 aliphatic carbocycles. The topological polar surface area (TPSA) is 54.9 Å². The molecule has 2 rings (SSSR count). The normalized spacial score (nSPS) is 20.2. The molecular formula is C9H10ClN3OS. The van der Waals surface area contributed by atoms with Crippen LogP contribution in [0.1, 0.15) is 6.42 Å². The van der Waals surface area contributed by atoms with Crippen molar-refractivity contribution in [1.29, 1.82) is 0 Å². The number of hydrogen-bond donors (Lipinski definition) is 1. The maximum atomic E-state index is 11.7. The molecule has 0 radical (unpaired) electrons. The molecule has 1 aliphatic heterocycles. The number of rotatable bonds is 2. The monoisotopic (exact) mass is 243 g/mol. The van der Waals surface area contributed by atoms with Gasteiger partial charge in [0, 0.05) is 11.7 Å². The molecule has 80 valence electrons. The summed E-state index contributed by atoms with van der Waals surface area (Å²) in [5.74, 6) is 2.47. The van der Waals surface area contributed by atoms with Gasteiger partial charge in [-0.25, -0.2) is 4.98 Å². The van der Waals surface area contributed by atoms with Crippen LogP contribution in [-0.4, -0.2) is 27.4 Å². The summed E-state index contributed by atoms with van der Waals surface area (Å²) < 4.78 is 0. The van der Waals surface area contributed by atoms with Gasteiger partial charge in [-0.2, -0.15) is 11.8 Å². The van der Waals surface area contributed by atoms with Crippen LogP contribution in [0.3, 0.4) is 0 Å². The van der Waals surface area contributed by atoms with E-state index in [0.29, 0.717) is 5.82 Å². The molecule has 0 aromatic carbocycles. The van der Waals surface area contributed by atoms with E-state index < -0.39 is 0 Å². The fourth-order valence-electron chi connectivity index (χ4n) is 1.37. The first kappa shape index (κ1) is 10.7. The largest absolute Gasteiger partial charge is 0.309 e. The van der Waals surface area contributed by atoms with Crippen LogP contribution >= 0.6 is 23.4 Å². The number of amides is 1. The van der Waals surface area contributed by atoms with Crippen molar-refractivity contribution in [1.82, 2.24) is 9.97 Å². The summed E-state index contributed by atoms with van der Waals surface area (Å²) >= 11 is 7.46. The Balaban J connectivity index is 1.99. The molecule has 1 N–H and O–H groups in total. The van der Waals surface area contributed by atoms with Gasteiger partial charge in [-0.3, -0.25) is 9.78 Å². The molecule has 1 fully saturated rings. The Morgan fingerprint density at radius 1 is 1.60 bits per heavy atom. The zero-order valence-corrected chi connectivity index (χ0v) is 9.51. The molecule has 6 heteroatoms. The lowest BCUT2D eigenvalue weighted by Crippen LogP contribution is -2.22. The SMILES string of the molecule is O=C(Nc1cncc(Cl)n1)C1CCSC1. The summed E-state index contributed by atoms with van der Waals surface area (Å²) in [6, 6.07) is 0. The first-order valence-electron chi connectivity index (χ1n) is 4.62. The van der Waals surface area contributed by atoms with Gasteiger partial charge < -0.3 is 5.32 Å². The molecular weight excluding hydrogens is 234 g/mol. The minimum absolute atomic E-state index is 0.0107. The zero-order chi connectivity index (χ0) is 10.7. The number of hydrogen-bond acceptors (Lipinski definition) is 4. The molecule has 0 spiro atoms. The van der Waals surface area contributed by atoms with Gasteiger partial charge in [-0.15, -0.1) is 0 Å². The highest BCUT2D eigenvalue weighted by Gasteiger charge is 2.23. The van der Waals surface area contributed by atoms with Crippen LogP contribution in [0.15, 0.2) is 12.4 Å². The third-order valence-electron chi connectivity index (χ3n) is 2.16. The molecule has 1 aromatic heterocycles. The molecule has 1 amide bonds. The van der Waals surface area contributed by atoms with E-state index in [1.54, 1.807) is 11.8 Å². The highest BCUT2D eigenvalue weighted by atomic mass is 35.5. The van der Waals surface area contributed by atoms with Crippen molar-refractivity contribution in [2.24, 2.45) is 5.92 Å². The van der Waals surface area contributed by atoms with Crippen LogP contribution in [0.5, 0.6) is 0 Å². The Labute approximate surface area is 96.8 Å². The van der Waals surface area contributed by atoms with Crippen LogP contribution in [0.2, 0.25) is 5.15 Å². The summed E-state index contributed by atoms with van der Waals surface area (Å²) in [7, 11) is 0. The van der Waals surface area contributed by atoms with Crippen molar-refractivity contribution in [2.45, 2.75) is 6.42 Å². The van der Waals surface area contributed by atoms with Crippen LogP contribution < -0.4 is 5.32 Å². The van der Waals surface area contributed by atoms with Crippen LogP contribution in [0, 0.1) is 5.92 Å². The average Bonchev–Trinajstić information content (AvgIpc) is 2.70. The number of nitrogens with one attached hydrogen (secondary N) is 1. The molecule has 4 nitrogen and oxygen atoms in total. The van der Waals surface area contributed by atoms with E-state index >= 15 is 0 Å². The summed E-state index contributed by atoms with van der Waals surface area (Å²) in [4.78, 5) is 19.5. The molecule has 1 aromatic rings. The zero-order valence-electron chi connectivity index (χ0n) is 7.94. The highest BCUT2D eigenvalue weighted by Crippen LogP contribution is 2.24. The molecule has 1 saturated heterocycles. The van der Waals surface area contributed by atoms with Gasteiger partial charge in [0.05, 0.1) is 12.4 Å². The average molecular weight is 244 g/mol. The molecule has 1 atom stereocenters. The summed E-state index contributed by atoms with van der Waals surface area (Å²) in [6.45, 7) is 0. The second-order valence-electron chi connectivity index (χ2n) is 3.28. The van der Waals surface area contributed by atoms with E-state index in [0.717, 1.165) is 17.9 Å². The second-order valence-corrected chi connectivity index (χ2v) is 4.81. The van der Waals surface area contributed by atoms with Gasteiger partial charge in [-0.1, -0.05) is 11.6 Å². The van der Waals surface area contributed by atoms with E-state index in [2.05, 4.69) is 15.3 Å². The lowest BCUT2D eigenvalue weighted by Gasteiger charge is -2.08. The fraction of sp³-hybridized carbons (Fsp3) is 0.444. The number of nitrogens with zero attached hydrogens (tertiary/aromatic N) is 2. The van der Waals surface area contributed by atoms with Gasteiger partial charge >= 0.3 is 0 Å². The van der Waals surface area contributed by atoms with Gasteiger partial charge in [0.25, 0.3) is 0 Å². The first-order valence-corrected chi connectivity index (χ1v) is 6.15. The Bertz CT molecular complexity index is 368. The third kappa shape index (κ3) is 2.82. The first-order chi connectivity index (χ1) is 7.25. The smallest absolute Gasteiger partial charge is 0.229 e. The number of aromatic nitrogens is 2. The van der Waals surface area contributed by atoms with Crippen LogP contribution in [-0.2, 0) is 4.79 Å². The molecule has 0 saturated carbocycles. The number of carbonyl (C=O) groups is 1. The maximum Gasteiger partial charge on any atom is 0.229 e. The van der Waals surface area contributed by atoms with Crippen molar-refractivity contribution in [2.75, 3.05) is 16.8 Å². The van der Waals surface area contributed by atoms with Crippen molar-refractivity contribution < 1.29 is 4.79 Å². The minimum atomic E-state index is 0.0107. The predicted molar refractivity (Wildman–Crippen MR) is 61.1 cm³/mol.